The third-order valence-corrected chi connectivity index (χ3v) is 5.42. The Hall–Kier alpha value is -2.13. The average molecular weight is 351 g/mol. The minimum atomic E-state index is 0.196. The maximum absolute atomic E-state index is 11.8. The van der Waals surface area contributed by atoms with Crippen LogP contribution in [-0.4, -0.2) is 36.5 Å². The van der Waals surface area contributed by atoms with Crippen LogP contribution in [0, 0.1) is 12.8 Å². The smallest absolute Gasteiger partial charge is 0.219 e. The number of aryl methyl sites for hydroxylation is 1. The summed E-state index contributed by atoms with van der Waals surface area (Å²) in [6, 6.07) is 19.9. The number of nitrogens with zero attached hydrogens (tertiary/aromatic N) is 1. The molecule has 2 aromatic rings. The van der Waals surface area contributed by atoms with Crippen LogP contribution in [0.2, 0.25) is 0 Å². The molecule has 0 aliphatic carbocycles. The van der Waals surface area contributed by atoms with Crippen molar-refractivity contribution in [2.24, 2.45) is 5.92 Å². The minimum Gasteiger partial charge on any atom is -0.343 e. The Labute approximate surface area is 157 Å². The zero-order valence-electron chi connectivity index (χ0n) is 15.9. The van der Waals surface area contributed by atoms with E-state index in [1.807, 2.05) is 4.90 Å². The highest BCUT2D eigenvalue weighted by Gasteiger charge is 2.30. The fourth-order valence-corrected chi connectivity index (χ4v) is 3.98. The summed E-state index contributed by atoms with van der Waals surface area (Å²) in [5.74, 6) is 0.661. The topological polar surface area (TPSA) is 32.3 Å². The fourth-order valence-electron chi connectivity index (χ4n) is 3.98. The second-order valence-corrected chi connectivity index (χ2v) is 7.50. The molecule has 1 saturated heterocycles. The SMILES string of the molecule is CC(=O)N1CC[C@H](NCCc2cccc(C)c2)[C@H](Cc2ccccc2)C1. The van der Waals surface area contributed by atoms with Crippen molar-refractivity contribution < 1.29 is 4.79 Å². The number of amides is 1. The molecule has 138 valence electrons. The Kier molecular flexibility index (Phi) is 6.45. The molecule has 0 bridgehead atoms. The van der Waals surface area contributed by atoms with Crippen LogP contribution in [-0.2, 0) is 17.6 Å². The first-order chi connectivity index (χ1) is 12.6. The van der Waals surface area contributed by atoms with Crippen LogP contribution in [0.1, 0.15) is 30.0 Å². The number of benzene rings is 2. The fraction of sp³-hybridized carbons (Fsp3) is 0.435. The van der Waals surface area contributed by atoms with E-state index in [1.165, 1.54) is 16.7 Å². The van der Waals surface area contributed by atoms with E-state index in [1.54, 1.807) is 6.92 Å². The van der Waals surface area contributed by atoms with E-state index in [0.29, 0.717) is 12.0 Å². The van der Waals surface area contributed by atoms with Crippen LogP contribution in [0.25, 0.3) is 0 Å². The molecule has 0 radical (unpaired) electrons. The van der Waals surface area contributed by atoms with Crippen LogP contribution < -0.4 is 5.32 Å². The van der Waals surface area contributed by atoms with Crippen LogP contribution in [0.15, 0.2) is 54.6 Å². The van der Waals surface area contributed by atoms with Crippen LogP contribution in [0.5, 0.6) is 0 Å². The number of rotatable bonds is 6. The van der Waals surface area contributed by atoms with Gasteiger partial charge in [-0.05, 0) is 49.8 Å². The molecule has 0 aromatic heterocycles. The van der Waals surface area contributed by atoms with Crippen molar-refractivity contribution in [3.63, 3.8) is 0 Å². The number of piperidine rings is 1. The van der Waals surface area contributed by atoms with Crippen molar-refractivity contribution in [2.75, 3.05) is 19.6 Å². The highest BCUT2D eigenvalue weighted by Crippen LogP contribution is 2.22. The molecular formula is C23H30N2O. The van der Waals surface area contributed by atoms with Crippen molar-refractivity contribution >= 4 is 5.91 Å². The Morgan fingerprint density at radius 3 is 2.62 bits per heavy atom. The third-order valence-electron chi connectivity index (χ3n) is 5.42. The second-order valence-electron chi connectivity index (χ2n) is 7.50. The minimum absolute atomic E-state index is 0.196. The molecule has 1 N–H and O–H groups in total. The molecule has 0 unspecified atom stereocenters. The lowest BCUT2D eigenvalue weighted by molar-refractivity contribution is -0.131. The van der Waals surface area contributed by atoms with Gasteiger partial charge in [0.2, 0.25) is 5.91 Å². The van der Waals surface area contributed by atoms with Crippen LogP contribution >= 0.6 is 0 Å². The molecule has 2 aromatic carbocycles. The maximum Gasteiger partial charge on any atom is 0.219 e. The van der Waals surface area contributed by atoms with Gasteiger partial charge in [-0.25, -0.2) is 0 Å². The molecule has 3 rings (SSSR count). The molecule has 1 heterocycles. The summed E-state index contributed by atoms with van der Waals surface area (Å²) in [6.45, 7) is 6.53. The van der Waals surface area contributed by atoms with Gasteiger partial charge in [0, 0.05) is 26.1 Å². The highest BCUT2D eigenvalue weighted by atomic mass is 16.2. The summed E-state index contributed by atoms with van der Waals surface area (Å²) in [6.07, 6.45) is 3.10. The second kappa shape index (κ2) is 9.00. The number of likely N-dealkylation sites (tertiary alicyclic amines) is 1. The van der Waals surface area contributed by atoms with Gasteiger partial charge in [0.05, 0.1) is 0 Å². The Morgan fingerprint density at radius 1 is 1.12 bits per heavy atom. The van der Waals surface area contributed by atoms with Gasteiger partial charge in [0.25, 0.3) is 0 Å². The summed E-state index contributed by atoms with van der Waals surface area (Å²) in [5, 5.41) is 3.78. The van der Waals surface area contributed by atoms with Gasteiger partial charge in [0.1, 0.15) is 0 Å². The molecule has 1 aliphatic heterocycles. The van der Waals surface area contributed by atoms with Crippen LogP contribution in [0.3, 0.4) is 0 Å². The molecule has 2 atom stereocenters. The van der Waals surface area contributed by atoms with E-state index in [-0.39, 0.29) is 5.91 Å². The number of carbonyl (C=O) groups is 1. The van der Waals surface area contributed by atoms with Gasteiger partial charge in [0.15, 0.2) is 0 Å². The number of nitrogens with one attached hydrogen (secondary N) is 1. The van der Waals surface area contributed by atoms with Gasteiger partial charge in [-0.15, -0.1) is 0 Å². The molecule has 0 saturated carbocycles. The lowest BCUT2D eigenvalue weighted by atomic mass is 9.86. The summed E-state index contributed by atoms with van der Waals surface area (Å²) in [4.78, 5) is 13.8. The first-order valence-electron chi connectivity index (χ1n) is 9.70. The maximum atomic E-state index is 11.8. The van der Waals surface area contributed by atoms with Crippen molar-refractivity contribution in [1.29, 1.82) is 0 Å². The molecule has 1 amide bonds. The van der Waals surface area contributed by atoms with Gasteiger partial charge in [-0.1, -0.05) is 60.2 Å². The lowest BCUT2D eigenvalue weighted by Gasteiger charge is -2.39. The Morgan fingerprint density at radius 2 is 1.88 bits per heavy atom. The molecule has 3 nitrogen and oxygen atoms in total. The predicted molar refractivity (Wildman–Crippen MR) is 107 cm³/mol. The number of hydrogen-bond donors (Lipinski definition) is 1. The zero-order valence-corrected chi connectivity index (χ0v) is 15.9. The van der Waals surface area contributed by atoms with Gasteiger partial charge in [-0.3, -0.25) is 4.79 Å². The quantitative estimate of drug-likeness (QED) is 0.863. The first kappa shape index (κ1) is 18.7. The van der Waals surface area contributed by atoms with Crippen molar-refractivity contribution in [2.45, 2.75) is 39.2 Å². The molecule has 1 aliphatic rings. The molecule has 1 fully saturated rings. The van der Waals surface area contributed by atoms with Crippen molar-refractivity contribution in [3.8, 4) is 0 Å². The highest BCUT2D eigenvalue weighted by molar-refractivity contribution is 5.73. The summed E-state index contributed by atoms with van der Waals surface area (Å²) < 4.78 is 0. The number of hydrogen-bond acceptors (Lipinski definition) is 2. The standard InChI is InChI=1S/C23H30N2O/c1-18-7-6-10-21(15-18)11-13-24-23-12-14-25(19(2)26)17-22(23)16-20-8-4-3-5-9-20/h3-10,15,22-24H,11-14,16-17H2,1-2H3/t22-,23+/m1/s1. The summed E-state index contributed by atoms with van der Waals surface area (Å²) in [5.41, 5.74) is 4.06. The van der Waals surface area contributed by atoms with E-state index in [0.717, 1.165) is 38.9 Å². The van der Waals surface area contributed by atoms with Gasteiger partial charge < -0.3 is 10.2 Å². The van der Waals surface area contributed by atoms with Gasteiger partial charge >= 0.3 is 0 Å². The molecule has 3 heteroatoms. The van der Waals surface area contributed by atoms with Crippen molar-refractivity contribution in [1.82, 2.24) is 10.2 Å². The van der Waals surface area contributed by atoms with E-state index < -0.39 is 0 Å². The lowest BCUT2D eigenvalue weighted by Crippen LogP contribution is -2.51. The Balaban J connectivity index is 1.60. The molecular weight excluding hydrogens is 320 g/mol. The molecule has 0 spiro atoms. The predicted octanol–water partition coefficient (Wildman–Crippen LogP) is 3.61. The van der Waals surface area contributed by atoms with Crippen molar-refractivity contribution in [3.05, 3.63) is 71.3 Å². The van der Waals surface area contributed by atoms with E-state index in [4.69, 9.17) is 0 Å². The van der Waals surface area contributed by atoms with E-state index >= 15 is 0 Å². The first-order valence-corrected chi connectivity index (χ1v) is 9.70. The summed E-state index contributed by atoms with van der Waals surface area (Å²) in [7, 11) is 0. The normalized spacial score (nSPS) is 20.2. The van der Waals surface area contributed by atoms with Crippen LogP contribution in [0.4, 0.5) is 0 Å². The van der Waals surface area contributed by atoms with Gasteiger partial charge in [-0.2, -0.15) is 0 Å². The van der Waals surface area contributed by atoms with E-state index in [9.17, 15) is 4.79 Å². The van der Waals surface area contributed by atoms with E-state index in [2.05, 4.69) is 66.8 Å². The Bertz CT molecular complexity index is 713. The third kappa shape index (κ3) is 5.18. The summed E-state index contributed by atoms with van der Waals surface area (Å²) >= 11 is 0. The largest absolute Gasteiger partial charge is 0.343 e. The number of carbonyl (C=O) groups excluding carboxylic acids is 1. The molecule has 26 heavy (non-hydrogen) atoms. The monoisotopic (exact) mass is 350 g/mol. The average Bonchev–Trinajstić information content (AvgIpc) is 2.63. The zero-order chi connectivity index (χ0) is 18.4.